The van der Waals surface area contributed by atoms with Crippen LogP contribution in [-0.2, 0) is 6.54 Å². The molecule has 0 saturated heterocycles. The Morgan fingerprint density at radius 2 is 2.04 bits per heavy atom. The Bertz CT molecular complexity index is 743. The summed E-state index contributed by atoms with van der Waals surface area (Å²) in [7, 11) is 0. The monoisotopic (exact) mass is 324 g/mol. The molecule has 1 fully saturated rings. The van der Waals surface area contributed by atoms with Crippen molar-refractivity contribution in [1.29, 1.82) is 0 Å². The summed E-state index contributed by atoms with van der Waals surface area (Å²) >= 11 is 0. The molecule has 2 amide bonds. The average molecular weight is 324 g/mol. The number of amides is 2. The fourth-order valence-electron chi connectivity index (χ4n) is 2.93. The first kappa shape index (κ1) is 14.9. The number of nitrogens with zero attached hydrogens (tertiary/aromatic N) is 3. The molecular formula is C18H20N4O2. The van der Waals surface area contributed by atoms with E-state index >= 15 is 0 Å². The zero-order valence-electron chi connectivity index (χ0n) is 13.6. The maximum Gasteiger partial charge on any atom is 0.323 e. The number of nitrogens with one attached hydrogen (secondary N) is 1. The Hall–Kier alpha value is -2.63. The smallest absolute Gasteiger partial charge is 0.323 e. The van der Waals surface area contributed by atoms with E-state index in [1.165, 1.54) is 12.8 Å². The number of para-hydroxylation sites is 1. The quantitative estimate of drug-likeness (QED) is 0.921. The molecule has 0 spiro atoms. The van der Waals surface area contributed by atoms with Gasteiger partial charge < -0.3 is 9.64 Å². The van der Waals surface area contributed by atoms with Crippen LogP contribution in [0, 0.1) is 0 Å². The summed E-state index contributed by atoms with van der Waals surface area (Å²) in [6, 6.07) is 11.4. The van der Waals surface area contributed by atoms with Gasteiger partial charge in [0.2, 0.25) is 0 Å². The highest BCUT2D eigenvalue weighted by Gasteiger charge is 2.26. The summed E-state index contributed by atoms with van der Waals surface area (Å²) in [5, 5.41) is 11.2. The Labute approximate surface area is 140 Å². The zero-order chi connectivity index (χ0) is 16.5. The van der Waals surface area contributed by atoms with E-state index < -0.39 is 0 Å². The van der Waals surface area contributed by atoms with Crippen LogP contribution < -0.4 is 10.1 Å². The third-order valence-electron chi connectivity index (χ3n) is 4.34. The van der Waals surface area contributed by atoms with Crippen molar-refractivity contribution in [3.8, 4) is 5.75 Å². The number of hydrogen-bond donors (Lipinski definition) is 1. The van der Waals surface area contributed by atoms with Crippen LogP contribution >= 0.6 is 0 Å². The van der Waals surface area contributed by atoms with Gasteiger partial charge in [0.15, 0.2) is 5.82 Å². The van der Waals surface area contributed by atoms with E-state index in [1.54, 1.807) is 4.90 Å². The summed E-state index contributed by atoms with van der Waals surface area (Å²) in [5.41, 5.74) is 2.02. The minimum absolute atomic E-state index is 0.0669. The average Bonchev–Trinajstić information content (AvgIpc) is 3.41. The fourth-order valence-corrected chi connectivity index (χ4v) is 2.93. The van der Waals surface area contributed by atoms with Crippen molar-refractivity contribution in [2.45, 2.75) is 38.3 Å². The van der Waals surface area contributed by atoms with E-state index in [0.29, 0.717) is 24.8 Å². The molecule has 1 aliphatic carbocycles. The molecule has 2 aliphatic rings. The van der Waals surface area contributed by atoms with Gasteiger partial charge in [-0.1, -0.05) is 18.2 Å². The number of fused-ring (bicyclic) bond motifs is 1. The topological polar surface area (TPSA) is 67.4 Å². The molecule has 1 aromatic carbocycles. The Morgan fingerprint density at radius 1 is 1.21 bits per heavy atom. The van der Waals surface area contributed by atoms with Crippen molar-refractivity contribution in [3.63, 3.8) is 0 Å². The summed E-state index contributed by atoms with van der Waals surface area (Å²) in [6.45, 7) is 3.00. The van der Waals surface area contributed by atoms with Gasteiger partial charge in [-0.25, -0.2) is 4.79 Å². The van der Waals surface area contributed by atoms with Crippen LogP contribution in [0.15, 0.2) is 36.4 Å². The fraction of sp³-hybridized carbons (Fsp3) is 0.389. The highest BCUT2D eigenvalue weighted by atomic mass is 16.5. The van der Waals surface area contributed by atoms with E-state index in [9.17, 15) is 4.79 Å². The second-order valence-corrected chi connectivity index (χ2v) is 6.46. The van der Waals surface area contributed by atoms with Crippen molar-refractivity contribution in [2.75, 3.05) is 11.9 Å². The minimum Gasteiger partial charge on any atom is -0.489 e. The molecular weight excluding hydrogens is 304 g/mol. The second-order valence-electron chi connectivity index (χ2n) is 6.46. The number of aromatic nitrogens is 2. The first-order valence-corrected chi connectivity index (χ1v) is 8.33. The van der Waals surface area contributed by atoms with Crippen molar-refractivity contribution in [2.24, 2.45) is 0 Å². The Morgan fingerprint density at radius 3 is 2.79 bits per heavy atom. The maximum atomic E-state index is 12.6. The highest BCUT2D eigenvalue weighted by Crippen LogP contribution is 2.38. The second kappa shape index (κ2) is 6.11. The van der Waals surface area contributed by atoms with Gasteiger partial charge in [-0.2, -0.15) is 5.10 Å². The molecule has 1 aromatic heterocycles. The highest BCUT2D eigenvalue weighted by molar-refractivity contribution is 5.88. The predicted octanol–water partition coefficient (Wildman–Crippen LogP) is 3.17. The number of rotatable bonds is 2. The third-order valence-corrected chi connectivity index (χ3v) is 4.34. The molecule has 1 N–H and O–H groups in total. The first-order valence-electron chi connectivity index (χ1n) is 8.33. The molecule has 6 nitrogen and oxygen atoms in total. The molecule has 4 rings (SSSR count). The number of anilines is 1. The summed E-state index contributed by atoms with van der Waals surface area (Å²) in [5.74, 6) is 1.88. The number of ether oxygens (including phenoxy) is 1. The van der Waals surface area contributed by atoms with Crippen molar-refractivity contribution >= 4 is 11.8 Å². The van der Waals surface area contributed by atoms with Gasteiger partial charge in [0.25, 0.3) is 0 Å². The molecule has 1 unspecified atom stereocenters. The van der Waals surface area contributed by atoms with Gasteiger partial charge in [-0.05, 0) is 38.0 Å². The van der Waals surface area contributed by atoms with Crippen LogP contribution in [0.1, 0.15) is 36.9 Å². The van der Waals surface area contributed by atoms with Gasteiger partial charge in [0.05, 0.1) is 18.8 Å². The Balaban J connectivity index is 1.47. The molecule has 1 aliphatic heterocycles. The van der Waals surface area contributed by atoms with Gasteiger partial charge in [0.1, 0.15) is 11.9 Å². The van der Waals surface area contributed by atoms with E-state index in [4.69, 9.17) is 4.74 Å². The maximum absolute atomic E-state index is 12.6. The SMILES string of the molecule is CC1CN(C(=O)Nc2ccc(C3CC3)nn2)Cc2ccccc2O1. The summed E-state index contributed by atoms with van der Waals surface area (Å²) < 4.78 is 5.89. The van der Waals surface area contributed by atoms with E-state index in [2.05, 4.69) is 15.5 Å². The molecule has 0 bridgehead atoms. The molecule has 2 aromatic rings. The van der Waals surface area contributed by atoms with Gasteiger partial charge >= 0.3 is 6.03 Å². The molecule has 124 valence electrons. The lowest BCUT2D eigenvalue weighted by atomic mass is 10.2. The van der Waals surface area contributed by atoms with Crippen LogP contribution in [0.2, 0.25) is 0 Å². The molecule has 1 saturated carbocycles. The Kier molecular flexibility index (Phi) is 3.80. The minimum atomic E-state index is -0.185. The lowest BCUT2D eigenvalue weighted by Crippen LogP contribution is -2.39. The van der Waals surface area contributed by atoms with Crippen LogP contribution in [-0.4, -0.2) is 33.8 Å². The molecule has 6 heteroatoms. The number of carbonyl (C=O) groups is 1. The van der Waals surface area contributed by atoms with Crippen molar-refractivity contribution in [3.05, 3.63) is 47.7 Å². The molecule has 2 heterocycles. The zero-order valence-corrected chi connectivity index (χ0v) is 13.6. The van der Waals surface area contributed by atoms with Crippen LogP contribution in [0.3, 0.4) is 0 Å². The molecule has 24 heavy (non-hydrogen) atoms. The number of urea groups is 1. The van der Waals surface area contributed by atoms with E-state index in [1.807, 2.05) is 43.3 Å². The number of hydrogen-bond acceptors (Lipinski definition) is 4. The van der Waals surface area contributed by atoms with Gasteiger partial charge in [-0.3, -0.25) is 5.32 Å². The van der Waals surface area contributed by atoms with Crippen molar-refractivity contribution < 1.29 is 9.53 Å². The van der Waals surface area contributed by atoms with E-state index in [-0.39, 0.29) is 12.1 Å². The third kappa shape index (κ3) is 3.18. The standard InChI is InChI=1S/C18H20N4O2/c1-12-10-22(11-14-4-2-3-5-16(14)24-12)18(23)19-17-9-8-15(20-21-17)13-6-7-13/h2-5,8-9,12-13H,6-7,10-11H2,1H3,(H,19,21,23). The molecule has 0 radical (unpaired) electrons. The lowest BCUT2D eigenvalue weighted by Gasteiger charge is -2.22. The number of benzene rings is 1. The predicted molar refractivity (Wildman–Crippen MR) is 90.0 cm³/mol. The van der Waals surface area contributed by atoms with E-state index in [0.717, 1.165) is 17.0 Å². The normalized spacial score (nSPS) is 19.9. The lowest BCUT2D eigenvalue weighted by molar-refractivity contribution is 0.166. The van der Waals surface area contributed by atoms with Gasteiger partial charge in [0, 0.05) is 11.5 Å². The van der Waals surface area contributed by atoms with Gasteiger partial charge in [-0.15, -0.1) is 5.10 Å². The van der Waals surface area contributed by atoms with Crippen molar-refractivity contribution in [1.82, 2.24) is 15.1 Å². The molecule has 1 atom stereocenters. The summed E-state index contributed by atoms with van der Waals surface area (Å²) in [6.07, 6.45) is 2.31. The summed E-state index contributed by atoms with van der Waals surface area (Å²) in [4.78, 5) is 14.3. The van der Waals surface area contributed by atoms with Crippen LogP contribution in [0.4, 0.5) is 10.6 Å². The van der Waals surface area contributed by atoms with Crippen LogP contribution in [0.5, 0.6) is 5.75 Å². The first-order chi connectivity index (χ1) is 11.7. The largest absolute Gasteiger partial charge is 0.489 e. The number of carbonyl (C=O) groups excluding carboxylic acids is 1. The van der Waals surface area contributed by atoms with Crippen LogP contribution in [0.25, 0.3) is 0 Å².